The normalized spacial score (nSPS) is 14.4. The van der Waals surface area contributed by atoms with Crippen LogP contribution in [0.2, 0.25) is 10.0 Å². The van der Waals surface area contributed by atoms with E-state index in [-0.39, 0.29) is 11.5 Å². The van der Waals surface area contributed by atoms with Gasteiger partial charge in [-0.2, -0.15) is 0 Å². The maximum Gasteiger partial charge on any atom is 0.271 e. The topological polar surface area (TPSA) is 81.9 Å². The van der Waals surface area contributed by atoms with Crippen molar-refractivity contribution in [2.75, 3.05) is 11.9 Å². The Morgan fingerprint density at radius 3 is 2.39 bits per heavy atom. The van der Waals surface area contributed by atoms with Gasteiger partial charge in [0, 0.05) is 21.3 Å². The summed E-state index contributed by atoms with van der Waals surface area (Å²) in [5.74, 6) is 0.919. The van der Waals surface area contributed by atoms with E-state index in [1.165, 1.54) is 11.3 Å². The third-order valence-electron chi connectivity index (χ3n) is 7.37. The minimum Gasteiger partial charge on any atom is -0.494 e. The van der Waals surface area contributed by atoms with Crippen LogP contribution in [0.5, 0.6) is 11.5 Å². The summed E-state index contributed by atoms with van der Waals surface area (Å²) in [6.45, 7) is 4.53. The molecular formula is C36H29Cl2N3O4S. The molecule has 0 spiro atoms. The molecule has 6 rings (SSSR count). The molecule has 1 amide bonds. The fraction of sp³-hybridized carbons (Fsp3) is 0.139. The molecule has 0 bridgehead atoms. The smallest absolute Gasteiger partial charge is 0.271 e. The van der Waals surface area contributed by atoms with E-state index in [2.05, 4.69) is 5.32 Å². The van der Waals surface area contributed by atoms with Crippen LogP contribution in [0.25, 0.3) is 6.08 Å². The molecule has 1 aliphatic heterocycles. The number of anilines is 1. The van der Waals surface area contributed by atoms with Gasteiger partial charge in [0.05, 0.1) is 28.5 Å². The number of para-hydroxylation sites is 1. The first-order valence-electron chi connectivity index (χ1n) is 14.6. The van der Waals surface area contributed by atoms with Crippen LogP contribution in [0.3, 0.4) is 0 Å². The molecular weight excluding hydrogens is 641 g/mol. The zero-order valence-corrected chi connectivity index (χ0v) is 27.3. The Kier molecular flexibility index (Phi) is 9.40. The summed E-state index contributed by atoms with van der Waals surface area (Å²) >= 11 is 13.7. The van der Waals surface area contributed by atoms with Crippen LogP contribution in [0.4, 0.5) is 5.69 Å². The Hall–Kier alpha value is -4.63. The minimum absolute atomic E-state index is 0.288. The lowest BCUT2D eigenvalue weighted by Crippen LogP contribution is -2.40. The average Bonchev–Trinajstić information content (AvgIpc) is 3.35. The van der Waals surface area contributed by atoms with Gasteiger partial charge in [0.25, 0.3) is 11.5 Å². The summed E-state index contributed by atoms with van der Waals surface area (Å²) in [5, 5.41) is 4.12. The van der Waals surface area contributed by atoms with Gasteiger partial charge in [0.2, 0.25) is 0 Å². The van der Waals surface area contributed by atoms with Crippen LogP contribution < -0.4 is 29.7 Å². The lowest BCUT2D eigenvalue weighted by Gasteiger charge is -2.25. The van der Waals surface area contributed by atoms with Crippen molar-refractivity contribution < 1.29 is 14.3 Å². The Morgan fingerprint density at radius 1 is 0.957 bits per heavy atom. The van der Waals surface area contributed by atoms with E-state index in [0.717, 1.165) is 11.1 Å². The standard InChI is InChI=1S/C36H29Cl2N3O4S/c1-3-44-29-16-11-24(12-17-29)33-32(34(42)40-28-7-5-4-6-8-28)22(2)39-36-41(33)35(43)31(46-36)20-25-19-27(38)15-18-30(25)45-21-23-9-13-26(37)14-10-23/h4-20,33H,3,21H2,1-2H3,(H,40,42)/b31-20-/t33-/m0/s1. The fourth-order valence-electron chi connectivity index (χ4n) is 5.21. The molecule has 1 N–H and O–H groups in total. The van der Waals surface area contributed by atoms with E-state index in [9.17, 15) is 9.59 Å². The van der Waals surface area contributed by atoms with Crippen molar-refractivity contribution in [1.82, 2.24) is 4.57 Å². The van der Waals surface area contributed by atoms with Crippen molar-refractivity contribution in [3.05, 3.63) is 155 Å². The maximum atomic E-state index is 14.2. The number of carbonyl (C=O) groups excluding carboxylic acids is 1. The molecule has 5 aromatic rings. The van der Waals surface area contributed by atoms with Gasteiger partial charge in [-0.1, -0.05) is 77.0 Å². The van der Waals surface area contributed by atoms with E-state index < -0.39 is 6.04 Å². The molecule has 1 atom stereocenters. The zero-order chi connectivity index (χ0) is 32.2. The van der Waals surface area contributed by atoms with Crippen LogP contribution in [-0.2, 0) is 11.4 Å². The number of amides is 1. The van der Waals surface area contributed by atoms with E-state index in [0.29, 0.717) is 66.6 Å². The Morgan fingerprint density at radius 2 is 1.67 bits per heavy atom. The number of rotatable bonds is 9. The summed E-state index contributed by atoms with van der Waals surface area (Å²) in [6.07, 6.45) is 1.76. The van der Waals surface area contributed by atoms with Crippen molar-refractivity contribution in [3.63, 3.8) is 0 Å². The third-order valence-corrected chi connectivity index (χ3v) is 8.84. The first-order chi connectivity index (χ1) is 22.3. The molecule has 10 heteroatoms. The molecule has 0 fully saturated rings. The highest BCUT2D eigenvalue weighted by molar-refractivity contribution is 7.07. The van der Waals surface area contributed by atoms with E-state index in [1.54, 1.807) is 47.9 Å². The van der Waals surface area contributed by atoms with Crippen LogP contribution in [0.1, 0.15) is 36.6 Å². The van der Waals surface area contributed by atoms with Crippen molar-refractivity contribution in [2.45, 2.75) is 26.5 Å². The number of ether oxygens (including phenoxy) is 2. The number of nitrogens with one attached hydrogen (secondary N) is 1. The molecule has 0 aliphatic carbocycles. The fourth-order valence-corrected chi connectivity index (χ4v) is 6.55. The monoisotopic (exact) mass is 669 g/mol. The number of halogens is 2. The van der Waals surface area contributed by atoms with Gasteiger partial charge in [0.15, 0.2) is 4.80 Å². The summed E-state index contributed by atoms with van der Waals surface area (Å²) in [5.41, 5.74) is 3.58. The van der Waals surface area contributed by atoms with Crippen molar-refractivity contribution >= 4 is 52.2 Å². The van der Waals surface area contributed by atoms with Crippen LogP contribution in [0, 0.1) is 0 Å². The van der Waals surface area contributed by atoms with Gasteiger partial charge in [0.1, 0.15) is 18.1 Å². The molecule has 0 saturated heterocycles. The van der Waals surface area contributed by atoms with Gasteiger partial charge in [-0.05, 0) is 85.6 Å². The van der Waals surface area contributed by atoms with Crippen LogP contribution in [0.15, 0.2) is 118 Å². The molecule has 0 saturated carbocycles. The largest absolute Gasteiger partial charge is 0.494 e. The second-order valence-electron chi connectivity index (χ2n) is 10.5. The number of nitrogens with zero attached hydrogens (tertiary/aromatic N) is 2. The molecule has 0 radical (unpaired) electrons. The highest BCUT2D eigenvalue weighted by atomic mass is 35.5. The van der Waals surface area contributed by atoms with Crippen molar-refractivity contribution in [3.8, 4) is 11.5 Å². The summed E-state index contributed by atoms with van der Waals surface area (Å²) < 4.78 is 13.8. The number of aromatic nitrogens is 1. The van der Waals surface area contributed by atoms with Gasteiger partial charge in [-0.25, -0.2) is 4.99 Å². The maximum absolute atomic E-state index is 14.2. The highest BCUT2D eigenvalue weighted by Crippen LogP contribution is 2.32. The number of hydrogen-bond donors (Lipinski definition) is 1. The van der Waals surface area contributed by atoms with Gasteiger partial charge < -0.3 is 14.8 Å². The van der Waals surface area contributed by atoms with E-state index >= 15 is 0 Å². The Balaban J connectivity index is 1.43. The van der Waals surface area contributed by atoms with E-state index in [4.69, 9.17) is 37.7 Å². The lowest BCUT2D eigenvalue weighted by atomic mass is 9.95. The number of fused-ring (bicyclic) bond motifs is 1. The predicted molar refractivity (Wildman–Crippen MR) is 184 cm³/mol. The first kappa shape index (κ1) is 31.4. The second-order valence-corrected chi connectivity index (χ2v) is 12.4. The molecule has 46 heavy (non-hydrogen) atoms. The van der Waals surface area contributed by atoms with Gasteiger partial charge >= 0.3 is 0 Å². The summed E-state index contributed by atoms with van der Waals surface area (Å²) in [4.78, 5) is 33.3. The molecule has 2 heterocycles. The molecule has 1 aromatic heterocycles. The Bertz CT molecular complexity index is 2110. The number of allylic oxidation sites excluding steroid dienone is 1. The quantitative estimate of drug-likeness (QED) is 0.181. The molecule has 1 aliphatic rings. The number of benzene rings is 4. The SMILES string of the molecule is CCOc1ccc([C@H]2C(C(=O)Nc3ccccc3)=C(C)N=c3s/c(=C\c4cc(Cl)ccc4OCc4ccc(Cl)cc4)c(=O)n32)cc1. The zero-order valence-electron chi connectivity index (χ0n) is 25.0. The molecule has 7 nitrogen and oxygen atoms in total. The van der Waals surface area contributed by atoms with Crippen LogP contribution in [-0.4, -0.2) is 17.1 Å². The third kappa shape index (κ3) is 6.79. The number of thiazole rings is 1. The molecule has 232 valence electrons. The lowest BCUT2D eigenvalue weighted by molar-refractivity contribution is -0.113. The Labute approximate surface area is 279 Å². The van der Waals surface area contributed by atoms with Crippen LogP contribution >= 0.6 is 34.5 Å². The molecule has 0 unspecified atom stereocenters. The second kappa shape index (κ2) is 13.8. The number of hydrogen-bond acceptors (Lipinski definition) is 6. The van der Waals surface area contributed by atoms with Gasteiger partial charge in [-0.15, -0.1) is 0 Å². The average molecular weight is 671 g/mol. The minimum atomic E-state index is -0.724. The predicted octanol–water partition coefficient (Wildman–Crippen LogP) is 7.16. The molecule has 4 aromatic carbocycles. The van der Waals surface area contributed by atoms with Crippen molar-refractivity contribution in [2.24, 2.45) is 4.99 Å². The summed E-state index contributed by atoms with van der Waals surface area (Å²) in [6, 6.07) is 28.6. The van der Waals surface area contributed by atoms with Gasteiger partial charge in [-0.3, -0.25) is 14.2 Å². The number of carbonyl (C=O) groups is 1. The van der Waals surface area contributed by atoms with E-state index in [1.807, 2.05) is 73.7 Å². The summed E-state index contributed by atoms with van der Waals surface area (Å²) in [7, 11) is 0. The highest BCUT2D eigenvalue weighted by Gasteiger charge is 2.32. The first-order valence-corrected chi connectivity index (χ1v) is 16.2. The van der Waals surface area contributed by atoms with Crippen molar-refractivity contribution in [1.29, 1.82) is 0 Å².